The first-order valence-corrected chi connectivity index (χ1v) is 7.21. The molecule has 19 heavy (non-hydrogen) atoms. The molecule has 0 amide bonds. The molecule has 0 saturated carbocycles. The molecule has 1 rings (SSSR count). The van der Waals surface area contributed by atoms with E-state index in [0.29, 0.717) is 18.5 Å². The minimum absolute atomic E-state index is 0.162. The largest absolute Gasteiger partial charge is 0.369 e. The molecule has 2 nitrogen and oxygen atoms in total. The molecule has 3 heteroatoms. The lowest BCUT2D eigenvalue weighted by atomic mass is 10.1. The van der Waals surface area contributed by atoms with Gasteiger partial charge in [-0.3, -0.25) is 0 Å². The van der Waals surface area contributed by atoms with Gasteiger partial charge in [-0.1, -0.05) is 20.8 Å². The van der Waals surface area contributed by atoms with Crippen LogP contribution in [-0.2, 0) is 6.54 Å². The highest BCUT2D eigenvalue weighted by Crippen LogP contribution is 2.24. The summed E-state index contributed by atoms with van der Waals surface area (Å²) < 4.78 is 13.5. The summed E-state index contributed by atoms with van der Waals surface area (Å²) in [4.78, 5) is 2.36. The van der Waals surface area contributed by atoms with Crippen LogP contribution in [0.25, 0.3) is 0 Å². The first kappa shape index (κ1) is 16.0. The van der Waals surface area contributed by atoms with Gasteiger partial charge in [-0.05, 0) is 50.1 Å². The van der Waals surface area contributed by atoms with Crippen molar-refractivity contribution in [1.82, 2.24) is 5.32 Å². The Bertz CT molecular complexity index is 388. The Kier molecular flexibility index (Phi) is 6.29. The van der Waals surface area contributed by atoms with Gasteiger partial charge < -0.3 is 10.2 Å². The van der Waals surface area contributed by atoms with E-state index >= 15 is 0 Å². The summed E-state index contributed by atoms with van der Waals surface area (Å²) in [5.41, 5.74) is 2.18. The number of hydrogen-bond acceptors (Lipinski definition) is 2. The van der Waals surface area contributed by atoms with Crippen LogP contribution in [0.15, 0.2) is 18.2 Å². The van der Waals surface area contributed by atoms with Crippen LogP contribution in [0.2, 0.25) is 0 Å². The maximum atomic E-state index is 13.5. The molecule has 0 fully saturated rings. The van der Waals surface area contributed by atoms with Crippen LogP contribution in [0.4, 0.5) is 10.1 Å². The van der Waals surface area contributed by atoms with E-state index in [0.717, 1.165) is 24.3 Å². The van der Waals surface area contributed by atoms with Crippen molar-refractivity contribution in [2.75, 3.05) is 18.0 Å². The van der Waals surface area contributed by atoms with Gasteiger partial charge in [0.2, 0.25) is 0 Å². The van der Waals surface area contributed by atoms with Gasteiger partial charge in [0.05, 0.1) is 0 Å². The molecule has 1 aromatic rings. The summed E-state index contributed by atoms with van der Waals surface area (Å²) in [5, 5.41) is 3.29. The molecule has 0 atom stereocenters. The molecule has 1 N–H and O–H groups in total. The van der Waals surface area contributed by atoms with Crippen molar-refractivity contribution in [3.63, 3.8) is 0 Å². The van der Waals surface area contributed by atoms with Crippen molar-refractivity contribution in [3.05, 3.63) is 29.6 Å². The molecule has 108 valence electrons. The highest BCUT2D eigenvalue weighted by molar-refractivity contribution is 5.54. The molecule has 0 aliphatic carbocycles. The van der Waals surface area contributed by atoms with Crippen molar-refractivity contribution < 1.29 is 4.39 Å². The number of benzene rings is 1. The van der Waals surface area contributed by atoms with E-state index in [9.17, 15) is 4.39 Å². The maximum Gasteiger partial charge on any atom is 0.123 e. The van der Waals surface area contributed by atoms with Crippen LogP contribution in [-0.4, -0.2) is 19.1 Å². The monoisotopic (exact) mass is 266 g/mol. The average molecular weight is 266 g/mol. The highest BCUT2D eigenvalue weighted by atomic mass is 19.1. The fourth-order valence-corrected chi connectivity index (χ4v) is 2.22. The Balaban J connectivity index is 3.06. The third kappa shape index (κ3) is 4.83. The van der Waals surface area contributed by atoms with E-state index in [1.807, 2.05) is 6.07 Å². The summed E-state index contributed by atoms with van der Waals surface area (Å²) in [5.74, 6) is 0.421. The number of halogens is 1. The van der Waals surface area contributed by atoms with Crippen LogP contribution in [0, 0.1) is 11.7 Å². The lowest BCUT2D eigenvalue weighted by Crippen LogP contribution is -2.35. The second kappa shape index (κ2) is 7.49. The number of hydrogen-bond donors (Lipinski definition) is 1. The predicted octanol–water partition coefficient (Wildman–Crippen LogP) is 3.81. The van der Waals surface area contributed by atoms with E-state index in [1.54, 1.807) is 12.1 Å². The van der Waals surface area contributed by atoms with Crippen LogP contribution >= 0.6 is 0 Å². The van der Waals surface area contributed by atoms with Gasteiger partial charge in [-0.15, -0.1) is 0 Å². The van der Waals surface area contributed by atoms with Gasteiger partial charge in [0.1, 0.15) is 5.82 Å². The molecular weight excluding hydrogens is 239 g/mol. The van der Waals surface area contributed by atoms with Crippen molar-refractivity contribution >= 4 is 5.69 Å². The molecule has 0 heterocycles. The highest BCUT2D eigenvalue weighted by Gasteiger charge is 2.16. The normalized spacial score (nSPS) is 11.4. The summed E-state index contributed by atoms with van der Waals surface area (Å²) in [6, 6.07) is 5.52. The molecular formula is C16H27FN2. The van der Waals surface area contributed by atoms with Crippen molar-refractivity contribution in [2.24, 2.45) is 5.92 Å². The van der Waals surface area contributed by atoms with Gasteiger partial charge in [0.25, 0.3) is 0 Å². The summed E-state index contributed by atoms with van der Waals surface area (Å²) in [7, 11) is 0. The van der Waals surface area contributed by atoms with Gasteiger partial charge in [0.15, 0.2) is 0 Å². The quantitative estimate of drug-likeness (QED) is 0.807. The molecule has 0 aromatic heterocycles. The van der Waals surface area contributed by atoms with Crippen LogP contribution < -0.4 is 10.2 Å². The average Bonchev–Trinajstić information content (AvgIpc) is 2.33. The minimum atomic E-state index is -0.162. The molecule has 0 unspecified atom stereocenters. The second-order valence-corrected chi connectivity index (χ2v) is 5.69. The standard InChI is InChI=1S/C16H27FN2/c1-6-18-10-14-9-15(17)7-8-16(14)19(13(4)5)11-12(2)3/h7-9,12-13,18H,6,10-11H2,1-5H3. The lowest BCUT2D eigenvalue weighted by Gasteiger charge is -2.32. The molecule has 0 saturated heterocycles. The Labute approximate surface area is 117 Å². The van der Waals surface area contributed by atoms with E-state index < -0.39 is 0 Å². The van der Waals surface area contributed by atoms with Crippen LogP contribution in [0.5, 0.6) is 0 Å². The Hall–Kier alpha value is -1.09. The Morgan fingerprint density at radius 2 is 1.89 bits per heavy atom. The van der Waals surface area contributed by atoms with Crippen molar-refractivity contribution in [3.8, 4) is 0 Å². The molecule has 0 bridgehead atoms. The van der Waals surface area contributed by atoms with E-state index in [2.05, 4.69) is 44.8 Å². The van der Waals surface area contributed by atoms with Gasteiger partial charge in [-0.2, -0.15) is 0 Å². The third-order valence-corrected chi connectivity index (χ3v) is 3.10. The zero-order chi connectivity index (χ0) is 14.4. The third-order valence-electron chi connectivity index (χ3n) is 3.10. The summed E-state index contributed by atoms with van der Waals surface area (Å²) in [6.45, 7) is 13.4. The molecule has 0 aliphatic rings. The Morgan fingerprint density at radius 1 is 1.21 bits per heavy atom. The smallest absolute Gasteiger partial charge is 0.123 e. The van der Waals surface area contributed by atoms with Gasteiger partial charge in [0, 0.05) is 24.8 Å². The first-order valence-electron chi connectivity index (χ1n) is 7.21. The lowest BCUT2D eigenvalue weighted by molar-refractivity contribution is 0.565. The predicted molar refractivity (Wildman–Crippen MR) is 81.1 cm³/mol. The number of nitrogens with one attached hydrogen (secondary N) is 1. The number of nitrogens with zero attached hydrogens (tertiary/aromatic N) is 1. The first-order chi connectivity index (χ1) is 8.95. The molecule has 1 aromatic carbocycles. The topological polar surface area (TPSA) is 15.3 Å². The van der Waals surface area contributed by atoms with Crippen molar-refractivity contribution in [1.29, 1.82) is 0 Å². The fourth-order valence-electron chi connectivity index (χ4n) is 2.22. The minimum Gasteiger partial charge on any atom is -0.369 e. The SMILES string of the molecule is CCNCc1cc(F)ccc1N(CC(C)C)C(C)C. The second-order valence-electron chi connectivity index (χ2n) is 5.69. The number of rotatable bonds is 7. The van der Waals surface area contributed by atoms with Gasteiger partial charge >= 0.3 is 0 Å². The van der Waals surface area contributed by atoms with Crippen molar-refractivity contribution in [2.45, 2.75) is 47.2 Å². The summed E-state index contributed by atoms with van der Waals surface area (Å²) >= 11 is 0. The van der Waals surface area contributed by atoms with E-state index in [1.165, 1.54) is 0 Å². The summed E-state index contributed by atoms with van der Waals surface area (Å²) in [6.07, 6.45) is 0. The number of anilines is 1. The zero-order valence-electron chi connectivity index (χ0n) is 12.8. The van der Waals surface area contributed by atoms with Gasteiger partial charge in [-0.25, -0.2) is 4.39 Å². The van der Waals surface area contributed by atoms with Crippen LogP contribution in [0.3, 0.4) is 0 Å². The zero-order valence-corrected chi connectivity index (χ0v) is 12.8. The maximum absolute atomic E-state index is 13.5. The van der Waals surface area contributed by atoms with E-state index in [-0.39, 0.29) is 5.82 Å². The van der Waals surface area contributed by atoms with Crippen LogP contribution in [0.1, 0.15) is 40.2 Å². The molecule has 0 radical (unpaired) electrons. The fraction of sp³-hybridized carbons (Fsp3) is 0.625. The molecule has 0 aliphatic heterocycles. The molecule has 0 spiro atoms. The van der Waals surface area contributed by atoms with E-state index in [4.69, 9.17) is 0 Å². The Morgan fingerprint density at radius 3 is 2.42 bits per heavy atom.